The van der Waals surface area contributed by atoms with Crippen LogP contribution in [0.25, 0.3) is 0 Å². The molecule has 0 aliphatic heterocycles. The molecule has 0 amide bonds. The van der Waals surface area contributed by atoms with E-state index in [9.17, 15) is 0 Å². The van der Waals surface area contributed by atoms with Gasteiger partial charge in [-0.3, -0.25) is 0 Å². The largest absolute Gasteiger partial charge is 0.377 e. The van der Waals surface area contributed by atoms with E-state index >= 15 is 0 Å². The van der Waals surface area contributed by atoms with Crippen molar-refractivity contribution in [3.05, 3.63) is 0 Å². The van der Waals surface area contributed by atoms with Crippen LogP contribution < -0.4 is 11.5 Å². The fourth-order valence-corrected chi connectivity index (χ4v) is 0.209. The van der Waals surface area contributed by atoms with Crippen LogP contribution in [0.1, 0.15) is 20.3 Å². The van der Waals surface area contributed by atoms with Crippen molar-refractivity contribution in [3.63, 3.8) is 0 Å². The minimum atomic E-state index is -0.910. The van der Waals surface area contributed by atoms with Crippen molar-refractivity contribution < 1.29 is 5.11 Å². The predicted octanol–water partition coefficient (Wildman–Crippen LogP) is -0.609. The molecule has 0 bridgehead atoms. The number of nitrogens with two attached hydrogens (primary N) is 2. The van der Waals surface area contributed by atoms with Crippen LogP contribution in [-0.4, -0.2) is 16.9 Å². The molecule has 0 aliphatic carbocycles. The van der Waals surface area contributed by atoms with E-state index in [4.69, 9.17) is 16.6 Å². The highest BCUT2D eigenvalue weighted by atomic mass is 16.3. The van der Waals surface area contributed by atoms with Gasteiger partial charge < -0.3 is 16.6 Å². The number of hydrogen-bond acceptors (Lipinski definition) is 3. The average Bonchev–Trinajstić information content (AvgIpc) is 1.67. The summed E-state index contributed by atoms with van der Waals surface area (Å²) in [5.41, 5.74) is 9.97. The van der Waals surface area contributed by atoms with Gasteiger partial charge in [0.15, 0.2) is 0 Å². The van der Waals surface area contributed by atoms with Crippen molar-refractivity contribution >= 4 is 0 Å². The molecule has 2 unspecified atom stereocenters. The Morgan fingerprint density at radius 3 is 2.12 bits per heavy atom. The molecule has 5 N–H and O–H groups in total. The van der Waals surface area contributed by atoms with E-state index in [-0.39, 0.29) is 0 Å². The third-order valence-corrected chi connectivity index (χ3v) is 1.44. The summed E-state index contributed by atoms with van der Waals surface area (Å²) in [5, 5.41) is 8.73. The lowest BCUT2D eigenvalue weighted by Gasteiger charge is -2.25. The maximum atomic E-state index is 8.73. The van der Waals surface area contributed by atoms with Crippen molar-refractivity contribution in [2.24, 2.45) is 11.5 Å². The smallest absolute Gasteiger partial charge is 0.120 e. The lowest BCUT2D eigenvalue weighted by Crippen LogP contribution is -2.52. The fourth-order valence-electron chi connectivity index (χ4n) is 0.209. The van der Waals surface area contributed by atoms with Gasteiger partial charge in [0.1, 0.15) is 6.23 Å². The molecule has 0 aliphatic rings. The fraction of sp³-hybridized carbons (Fsp3) is 1.00. The Bertz CT molecular complexity index is 70.8. The first-order chi connectivity index (χ1) is 3.50. The molecular weight excluding hydrogens is 104 g/mol. The summed E-state index contributed by atoms with van der Waals surface area (Å²) in [6, 6.07) is 0. The molecule has 3 nitrogen and oxygen atoms in total. The zero-order valence-electron chi connectivity index (χ0n) is 5.39. The Morgan fingerprint density at radius 2 is 2.12 bits per heavy atom. The predicted molar refractivity (Wildman–Crippen MR) is 33.1 cm³/mol. The Labute approximate surface area is 49.7 Å². The van der Waals surface area contributed by atoms with Crippen LogP contribution >= 0.6 is 0 Å². The minimum absolute atomic E-state index is 0.625. The van der Waals surface area contributed by atoms with Gasteiger partial charge >= 0.3 is 0 Å². The molecule has 0 fully saturated rings. The summed E-state index contributed by atoms with van der Waals surface area (Å²) in [4.78, 5) is 0. The SMILES string of the molecule is CCC(C)(N)C(N)O. The summed E-state index contributed by atoms with van der Waals surface area (Å²) >= 11 is 0. The Balaban J connectivity index is 3.71. The van der Waals surface area contributed by atoms with Gasteiger partial charge in [-0.05, 0) is 13.3 Å². The van der Waals surface area contributed by atoms with Gasteiger partial charge in [0.25, 0.3) is 0 Å². The molecule has 2 atom stereocenters. The molecule has 0 saturated carbocycles. The van der Waals surface area contributed by atoms with Crippen LogP contribution in [0.5, 0.6) is 0 Å². The number of aliphatic hydroxyl groups is 1. The van der Waals surface area contributed by atoms with Crippen molar-refractivity contribution in [1.29, 1.82) is 0 Å². The number of hydrogen-bond donors (Lipinski definition) is 3. The van der Waals surface area contributed by atoms with Crippen LogP contribution in [0.3, 0.4) is 0 Å². The molecule has 0 aromatic rings. The second kappa shape index (κ2) is 2.44. The Kier molecular flexibility index (Phi) is 2.40. The maximum Gasteiger partial charge on any atom is 0.120 e. The van der Waals surface area contributed by atoms with Crippen molar-refractivity contribution in [2.45, 2.75) is 32.0 Å². The third-order valence-electron chi connectivity index (χ3n) is 1.44. The van der Waals surface area contributed by atoms with Crippen LogP contribution in [0, 0.1) is 0 Å². The lowest BCUT2D eigenvalue weighted by atomic mass is 9.99. The first-order valence-electron chi connectivity index (χ1n) is 2.73. The third kappa shape index (κ3) is 1.78. The van der Waals surface area contributed by atoms with E-state index in [1.807, 2.05) is 6.92 Å². The second-order valence-electron chi connectivity index (χ2n) is 2.30. The van der Waals surface area contributed by atoms with Gasteiger partial charge in [-0.15, -0.1) is 0 Å². The standard InChI is InChI=1S/C5H14N2O/c1-3-5(2,7)4(6)8/h4,8H,3,6-7H2,1-2H3. The van der Waals surface area contributed by atoms with E-state index in [1.54, 1.807) is 6.92 Å². The van der Waals surface area contributed by atoms with E-state index in [1.165, 1.54) is 0 Å². The summed E-state index contributed by atoms with van der Waals surface area (Å²) in [6.07, 6.45) is -0.225. The summed E-state index contributed by atoms with van der Waals surface area (Å²) in [6.45, 7) is 3.60. The molecule has 0 aromatic heterocycles. The molecule has 0 saturated heterocycles. The molecule has 0 heterocycles. The van der Waals surface area contributed by atoms with Crippen LogP contribution in [0.15, 0.2) is 0 Å². The quantitative estimate of drug-likeness (QED) is 0.423. The van der Waals surface area contributed by atoms with Gasteiger partial charge in [-0.25, -0.2) is 0 Å². The van der Waals surface area contributed by atoms with Crippen molar-refractivity contribution in [3.8, 4) is 0 Å². The summed E-state index contributed by atoms with van der Waals surface area (Å²) in [5.74, 6) is 0. The van der Waals surface area contributed by atoms with E-state index in [0.717, 1.165) is 0 Å². The van der Waals surface area contributed by atoms with Crippen LogP contribution in [0.4, 0.5) is 0 Å². The Morgan fingerprint density at radius 1 is 1.75 bits per heavy atom. The van der Waals surface area contributed by atoms with E-state index < -0.39 is 11.8 Å². The topological polar surface area (TPSA) is 72.3 Å². The summed E-state index contributed by atoms with van der Waals surface area (Å²) in [7, 11) is 0. The zero-order valence-corrected chi connectivity index (χ0v) is 5.39. The molecule has 50 valence electrons. The van der Waals surface area contributed by atoms with Gasteiger partial charge in [0, 0.05) is 0 Å². The van der Waals surface area contributed by atoms with Gasteiger partial charge in [-0.1, -0.05) is 6.92 Å². The lowest BCUT2D eigenvalue weighted by molar-refractivity contribution is 0.0975. The summed E-state index contributed by atoms with van der Waals surface area (Å²) < 4.78 is 0. The molecule has 0 aromatic carbocycles. The van der Waals surface area contributed by atoms with Gasteiger partial charge in [-0.2, -0.15) is 0 Å². The normalized spacial score (nSPS) is 22.1. The first-order valence-corrected chi connectivity index (χ1v) is 2.73. The molecule has 3 heteroatoms. The maximum absolute atomic E-state index is 8.73. The number of rotatable bonds is 2. The van der Waals surface area contributed by atoms with E-state index in [2.05, 4.69) is 0 Å². The monoisotopic (exact) mass is 118 g/mol. The highest BCUT2D eigenvalue weighted by Gasteiger charge is 2.21. The Hall–Kier alpha value is -0.120. The highest BCUT2D eigenvalue weighted by Crippen LogP contribution is 2.05. The molecule has 0 radical (unpaired) electrons. The van der Waals surface area contributed by atoms with Gasteiger partial charge in [0.2, 0.25) is 0 Å². The first kappa shape index (κ1) is 7.88. The van der Waals surface area contributed by atoms with E-state index in [0.29, 0.717) is 6.42 Å². The molecule has 0 spiro atoms. The highest BCUT2D eigenvalue weighted by molar-refractivity contribution is 4.80. The molecule has 0 rings (SSSR count). The molecular formula is C5H14N2O. The minimum Gasteiger partial charge on any atom is -0.377 e. The second-order valence-corrected chi connectivity index (χ2v) is 2.30. The van der Waals surface area contributed by atoms with Crippen molar-refractivity contribution in [2.75, 3.05) is 0 Å². The zero-order chi connectivity index (χ0) is 6.78. The number of aliphatic hydroxyl groups excluding tert-OH is 1. The van der Waals surface area contributed by atoms with Crippen LogP contribution in [0.2, 0.25) is 0 Å². The average molecular weight is 118 g/mol. The molecule has 8 heavy (non-hydrogen) atoms. The van der Waals surface area contributed by atoms with Gasteiger partial charge in [0.05, 0.1) is 5.54 Å². The van der Waals surface area contributed by atoms with Crippen LogP contribution in [-0.2, 0) is 0 Å². The van der Waals surface area contributed by atoms with Crippen molar-refractivity contribution in [1.82, 2.24) is 0 Å².